The summed E-state index contributed by atoms with van der Waals surface area (Å²) in [6.07, 6.45) is 5.11. The van der Waals surface area contributed by atoms with E-state index in [1.165, 1.54) is 6.08 Å². The maximum absolute atomic E-state index is 11.9. The van der Waals surface area contributed by atoms with Gasteiger partial charge in [0.05, 0.1) is 6.54 Å². The Morgan fingerprint density at radius 2 is 1.76 bits per heavy atom. The van der Waals surface area contributed by atoms with Crippen molar-refractivity contribution in [2.24, 2.45) is 0 Å². The Kier molecular flexibility index (Phi) is 5.96. The van der Waals surface area contributed by atoms with Gasteiger partial charge in [0, 0.05) is 23.2 Å². The first kappa shape index (κ1) is 18.7. The van der Waals surface area contributed by atoms with Crippen molar-refractivity contribution in [2.45, 2.75) is 45.2 Å². The lowest BCUT2D eigenvalue weighted by Crippen LogP contribution is -2.45. The van der Waals surface area contributed by atoms with Crippen LogP contribution in [0.1, 0.15) is 49.5 Å². The van der Waals surface area contributed by atoms with Crippen LogP contribution in [0.2, 0.25) is 0 Å². The lowest BCUT2D eigenvalue weighted by Gasteiger charge is -2.20. The first-order chi connectivity index (χ1) is 11.7. The molecule has 0 saturated heterocycles. The van der Waals surface area contributed by atoms with Crippen molar-refractivity contribution in [1.29, 1.82) is 0 Å². The number of benzene rings is 1. The molecule has 1 fully saturated rings. The standard InChI is InChI=1S/C19H25N3O3/c1-19(2,3)22-17(24)12-20-16(23)11-6-13-4-7-14(8-5-13)18(25)21-15-9-10-15/h4-8,11,15H,9-10,12H2,1-3H3,(H,20,23)(H,21,25)(H,22,24)/b11-6+. The molecule has 1 aromatic carbocycles. The van der Waals surface area contributed by atoms with E-state index in [-0.39, 0.29) is 29.8 Å². The lowest BCUT2D eigenvalue weighted by molar-refractivity contribution is -0.124. The van der Waals surface area contributed by atoms with Gasteiger partial charge in [-0.25, -0.2) is 0 Å². The Morgan fingerprint density at radius 3 is 2.32 bits per heavy atom. The van der Waals surface area contributed by atoms with E-state index in [4.69, 9.17) is 0 Å². The summed E-state index contributed by atoms with van der Waals surface area (Å²) in [6.45, 7) is 5.56. The number of hydrogen-bond donors (Lipinski definition) is 3. The molecule has 2 rings (SSSR count). The third-order valence-electron chi connectivity index (χ3n) is 3.45. The molecule has 1 aliphatic carbocycles. The highest BCUT2D eigenvalue weighted by Gasteiger charge is 2.23. The summed E-state index contributed by atoms with van der Waals surface area (Å²) in [7, 11) is 0. The lowest BCUT2D eigenvalue weighted by atomic mass is 10.1. The minimum atomic E-state index is -0.348. The summed E-state index contributed by atoms with van der Waals surface area (Å²) >= 11 is 0. The summed E-state index contributed by atoms with van der Waals surface area (Å²) in [5.41, 5.74) is 1.08. The van der Waals surface area contributed by atoms with Gasteiger partial charge in [0.2, 0.25) is 11.8 Å². The molecule has 6 nitrogen and oxygen atoms in total. The van der Waals surface area contributed by atoms with Crippen molar-refractivity contribution >= 4 is 23.8 Å². The molecule has 3 amide bonds. The summed E-state index contributed by atoms with van der Waals surface area (Å²) < 4.78 is 0. The van der Waals surface area contributed by atoms with Gasteiger partial charge in [0.15, 0.2) is 0 Å². The van der Waals surface area contributed by atoms with E-state index < -0.39 is 0 Å². The topological polar surface area (TPSA) is 87.3 Å². The molecular weight excluding hydrogens is 318 g/mol. The van der Waals surface area contributed by atoms with Gasteiger partial charge in [-0.15, -0.1) is 0 Å². The first-order valence-electron chi connectivity index (χ1n) is 8.41. The van der Waals surface area contributed by atoms with Crippen molar-refractivity contribution < 1.29 is 14.4 Å². The average molecular weight is 343 g/mol. The van der Waals surface area contributed by atoms with Gasteiger partial charge >= 0.3 is 0 Å². The third kappa shape index (κ3) is 7.20. The molecule has 6 heteroatoms. The maximum Gasteiger partial charge on any atom is 0.251 e. The molecule has 0 aliphatic heterocycles. The SMILES string of the molecule is CC(C)(C)NC(=O)CNC(=O)/C=C/c1ccc(C(=O)NC2CC2)cc1. The molecule has 1 saturated carbocycles. The fourth-order valence-corrected chi connectivity index (χ4v) is 2.10. The molecule has 0 heterocycles. The molecule has 0 atom stereocenters. The van der Waals surface area contributed by atoms with Crippen LogP contribution in [0.3, 0.4) is 0 Å². The second-order valence-corrected chi connectivity index (χ2v) is 7.22. The highest BCUT2D eigenvalue weighted by atomic mass is 16.2. The molecule has 0 radical (unpaired) electrons. The predicted octanol–water partition coefficient (Wildman–Crippen LogP) is 1.62. The Hall–Kier alpha value is -2.63. The average Bonchev–Trinajstić information content (AvgIpc) is 3.33. The van der Waals surface area contributed by atoms with Crippen LogP contribution in [0.25, 0.3) is 6.08 Å². The Morgan fingerprint density at radius 1 is 1.12 bits per heavy atom. The van der Waals surface area contributed by atoms with Gasteiger partial charge in [0.1, 0.15) is 0 Å². The van der Waals surface area contributed by atoms with E-state index in [1.54, 1.807) is 30.3 Å². The van der Waals surface area contributed by atoms with Crippen LogP contribution >= 0.6 is 0 Å². The van der Waals surface area contributed by atoms with Crippen LogP contribution in [0, 0.1) is 0 Å². The van der Waals surface area contributed by atoms with Gasteiger partial charge in [-0.1, -0.05) is 12.1 Å². The largest absolute Gasteiger partial charge is 0.350 e. The summed E-state index contributed by atoms with van der Waals surface area (Å²) in [6, 6.07) is 7.33. The molecule has 0 spiro atoms. The minimum Gasteiger partial charge on any atom is -0.350 e. The maximum atomic E-state index is 11.9. The van der Waals surface area contributed by atoms with E-state index in [0.717, 1.165) is 18.4 Å². The Labute approximate surface area is 148 Å². The van der Waals surface area contributed by atoms with Crippen LogP contribution in [-0.2, 0) is 9.59 Å². The van der Waals surface area contributed by atoms with Crippen molar-refractivity contribution in [3.63, 3.8) is 0 Å². The zero-order valence-electron chi connectivity index (χ0n) is 14.9. The molecular formula is C19H25N3O3. The van der Waals surface area contributed by atoms with Crippen LogP contribution in [0.5, 0.6) is 0 Å². The van der Waals surface area contributed by atoms with Gasteiger partial charge in [-0.05, 0) is 57.4 Å². The minimum absolute atomic E-state index is 0.0687. The predicted molar refractivity (Wildman–Crippen MR) is 96.9 cm³/mol. The zero-order valence-corrected chi connectivity index (χ0v) is 14.9. The molecule has 25 heavy (non-hydrogen) atoms. The Bertz CT molecular complexity index is 668. The Balaban J connectivity index is 1.79. The molecule has 1 aromatic rings. The monoisotopic (exact) mass is 343 g/mol. The van der Waals surface area contributed by atoms with Gasteiger partial charge in [-0.2, -0.15) is 0 Å². The number of carbonyl (C=O) groups is 3. The van der Waals surface area contributed by atoms with Crippen molar-refractivity contribution in [1.82, 2.24) is 16.0 Å². The quantitative estimate of drug-likeness (QED) is 0.686. The second-order valence-electron chi connectivity index (χ2n) is 7.22. The summed E-state index contributed by atoms with van der Waals surface area (Å²) in [4.78, 5) is 35.3. The number of carbonyl (C=O) groups excluding carboxylic acids is 3. The molecule has 1 aliphatic rings. The normalized spacial score (nSPS) is 14.2. The van der Waals surface area contributed by atoms with E-state index in [1.807, 2.05) is 20.8 Å². The van der Waals surface area contributed by atoms with Gasteiger partial charge in [-0.3, -0.25) is 14.4 Å². The highest BCUT2D eigenvalue weighted by Crippen LogP contribution is 2.19. The van der Waals surface area contributed by atoms with E-state index in [9.17, 15) is 14.4 Å². The smallest absolute Gasteiger partial charge is 0.251 e. The summed E-state index contributed by atoms with van der Waals surface area (Å²) in [5.74, 6) is -0.652. The van der Waals surface area contributed by atoms with Crippen molar-refractivity contribution in [3.8, 4) is 0 Å². The first-order valence-corrected chi connectivity index (χ1v) is 8.41. The van der Waals surface area contributed by atoms with Gasteiger partial charge < -0.3 is 16.0 Å². The number of hydrogen-bond acceptors (Lipinski definition) is 3. The number of amides is 3. The van der Waals surface area contributed by atoms with E-state index in [2.05, 4.69) is 16.0 Å². The fourth-order valence-electron chi connectivity index (χ4n) is 2.10. The zero-order chi connectivity index (χ0) is 18.4. The molecule has 0 aromatic heterocycles. The number of rotatable bonds is 6. The van der Waals surface area contributed by atoms with Crippen LogP contribution in [0.4, 0.5) is 0 Å². The third-order valence-corrected chi connectivity index (χ3v) is 3.45. The second kappa shape index (κ2) is 7.96. The van der Waals surface area contributed by atoms with Crippen molar-refractivity contribution in [2.75, 3.05) is 6.54 Å². The molecule has 134 valence electrons. The highest BCUT2D eigenvalue weighted by molar-refractivity contribution is 5.96. The fraction of sp³-hybridized carbons (Fsp3) is 0.421. The van der Waals surface area contributed by atoms with Crippen molar-refractivity contribution in [3.05, 3.63) is 41.5 Å². The molecule has 0 bridgehead atoms. The van der Waals surface area contributed by atoms with E-state index >= 15 is 0 Å². The van der Waals surface area contributed by atoms with Gasteiger partial charge in [0.25, 0.3) is 5.91 Å². The molecule has 3 N–H and O–H groups in total. The number of nitrogens with one attached hydrogen (secondary N) is 3. The van der Waals surface area contributed by atoms with E-state index in [0.29, 0.717) is 11.6 Å². The summed E-state index contributed by atoms with van der Waals surface area (Å²) in [5, 5.41) is 8.22. The van der Waals surface area contributed by atoms with Crippen LogP contribution in [-0.4, -0.2) is 35.8 Å². The van der Waals surface area contributed by atoms with Crippen LogP contribution < -0.4 is 16.0 Å². The molecule has 0 unspecified atom stereocenters. The van der Waals surface area contributed by atoms with Crippen LogP contribution in [0.15, 0.2) is 30.3 Å².